The van der Waals surface area contributed by atoms with Gasteiger partial charge in [-0.25, -0.2) is 13.1 Å². The minimum atomic E-state index is -3.97. The molecule has 0 bridgehead atoms. The normalized spacial score (nSPS) is 12.1. The number of hydrogen-bond acceptors (Lipinski definition) is 5. The molecule has 0 radical (unpaired) electrons. The molecular formula is C31H36N2O3S2. The summed E-state index contributed by atoms with van der Waals surface area (Å²) in [7, 11) is -0.0599. The molecule has 4 aromatic rings. The second-order valence-electron chi connectivity index (χ2n) is 10.7. The van der Waals surface area contributed by atoms with Crippen molar-refractivity contribution in [3.63, 3.8) is 0 Å². The molecule has 3 aromatic carbocycles. The predicted molar refractivity (Wildman–Crippen MR) is 158 cm³/mol. The van der Waals surface area contributed by atoms with Gasteiger partial charge in [0.15, 0.2) is 0 Å². The van der Waals surface area contributed by atoms with E-state index in [2.05, 4.69) is 74.2 Å². The Balaban J connectivity index is 1.64. The van der Waals surface area contributed by atoms with Gasteiger partial charge in [-0.1, -0.05) is 58.0 Å². The second kappa shape index (κ2) is 11.4. The lowest BCUT2D eigenvalue weighted by atomic mass is 9.84. The van der Waals surface area contributed by atoms with Crippen LogP contribution in [0.1, 0.15) is 61.8 Å². The summed E-state index contributed by atoms with van der Waals surface area (Å²) in [6, 6.07) is 19.6. The van der Waals surface area contributed by atoms with E-state index < -0.39 is 15.9 Å². The molecule has 5 nitrogen and oxygen atoms in total. The van der Waals surface area contributed by atoms with Gasteiger partial charge < -0.3 is 4.90 Å². The van der Waals surface area contributed by atoms with Crippen LogP contribution >= 0.6 is 11.3 Å². The van der Waals surface area contributed by atoms with E-state index in [1.165, 1.54) is 10.1 Å². The fraction of sp³-hybridized carbons (Fsp3) is 0.323. The number of rotatable bonds is 9. The number of fused-ring (bicyclic) bond motifs is 1. The van der Waals surface area contributed by atoms with Crippen LogP contribution in [0.2, 0.25) is 0 Å². The quantitative estimate of drug-likeness (QED) is 0.246. The Labute approximate surface area is 230 Å². The van der Waals surface area contributed by atoms with Crippen LogP contribution in [0.25, 0.3) is 21.2 Å². The van der Waals surface area contributed by atoms with E-state index in [0.29, 0.717) is 6.54 Å². The van der Waals surface area contributed by atoms with Crippen molar-refractivity contribution >= 4 is 37.4 Å². The molecule has 200 valence electrons. The summed E-state index contributed by atoms with van der Waals surface area (Å²) in [6.45, 7) is 9.15. The molecule has 0 unspecified atom stereocenters. The molecule has 0 aliphatic heterocycles. The first kappa shape index (κ1) is 28.0. The molecule has 0 spiro atoms. The fourth-order valence-electron chi connectivity index (χ4n) is 4.81. The maximum atomic E-state index is 13.1. The number of hydrogen-bond donors (Lipinski definition) is 1. The number of nitrogens with one attached hydrogen (secondary N) is 1. The maximum absolute atomic E-state index is 13.1. The summed E-state index contributed by atoms with van der Waals surface area (Å²) in [5.74, 6) is -0.194. The molecule has 1 amide bonds. The molecule has 0 aliphatic rings. The summed E-state index contributed by atoms with van der Waals surface area (Å²) < 4.78 is 29.5. The van der Waals surface area contributed by atoms with Crippen molar-refractivity contribution in [1.82, 2.24) is 9.62 Å². The molecule has 7 heteroatoms. The molecule has 4 rings (SSSR count). The number of benzene rings is 3. The summed E-state index contributed by atoms with van der Waals surface area (Å²) in [6.07, 6.45) is 0.00279. The number of amides is 1. The molecular weight excluding hydrogens is 512 g/mol. The minimum absolute atomic E-state index is 0.00279. The summed E-state index contributed by atoms with van der Waals surface area (Å²) in [5, 5.41) is 3.31. The van der Waals surface area contributed by atoms with Gasteiger partial charge in [0.1, 0.15) is 0 Å². The van der Waals surface area contributed by atoms with Crippen LogP contribution < -0.4 is 4.72 Å². The van der Waals surface area contributed by atoms with Gasteiger partial charge in [0.05, 0.1) is 11.3 Å². The third-order valence-electron chi connectivity index (χ3n) is 6.67. The fourth-order valence-corrected chi connectivity index (χ4v) is 6.56. The maximum Gasteiger partial charge on any atom is 0.264 e. The highest BCUT2D eigenvalue weighted by Gasteiger charge is 2.23. The van der Waals surface area contributed by atoms with Crippen LogP contribution in [0.4, 0.5) is 0 Å². The van der Waals surface area contributed by atoms with Crippen LogP contribution in [-0.2, 0) is 27.8 Å². The zero-order valence-electron chi connectivity index (χ0n) is 22.9. The number of sulfonamides is 1. The third kappa shape index (κ3) is 6.34. The Hall–Kier alpha value is -3.00. The van der Waals surface area contributed by atoms with Crippen molar-refractivity contribution in [1.29, 1.82) is 0 Å². The Morgan fingerprint density at radius 2 is 1.50 bits per heavy atom. The predicted octanol–water partition coefficient (Wildman–Crippen LogP) is 6.92. The van der Waals surface area contributed by atoms with Crippen molar-refractivity contribution in [2.45, 2.75) is 57.4 Å². The zero-order chi connectivity index (χ0) is 27.6. The van der Waals surface area contributed by atoms with E-state index >= 15 is 0 Å². The topological polar surface area (TPSA) is 66.5 Å². The Kier molecular flexibility index (Phi) is 8.40. The van der Waals surface area contributed by atoms with E-state index in [1.54, 1.807) is 35.6 Å². The summed E-state index contributed by atoms with van der Waals surface area (Å²) >= 11 is 1.73. The van der Waals surface area contributed by atoms with Crippen LogP contribution in [0.15, 0.2) is 70.9 Å². The lowest BCUT2D eigenvalue weighted by molar-refractivity contribution is -0.118. The van der Waals surface area contributed by atoms with Gasteiger partial charge in [-0.15, -0.1) is 11.3 Å². The van der Waals surface area contributed by atoms with Crippen molar-refractivity contribution < 1.29 is 13.2 Å². The van der Waals surface area contributed by atoms with Gasteiger partial charge >= 0.3 is 0 Å². The first-order chi connectivity index (χ1) is 17.9. The lowest BCUT2D eigenvalue weighted by Crippen LogP contribution is -2.32. The molecule has 1 aromatic heterocycles. The smallest absolute Gasteiger partial charge is 0.264 e. The highest BCUT2D eigenvalue weighted by atomic mass is 32.2. The Morgan fingerprint density at radius 1 is 0.868 bits per heavy atom. The van der Waals surface area contributed by atoms with Gasteiger partial charge in [0.25, 0.3) is 10.0 Å². The van der Waals surface area contributed by atoms with Gasteiger partial charge in [-0.05, 0) is 100 Å². The zero-order valence-corrected chi connectivity index (χ0v) is 24.5. The van der Waals surface area contributed by atoms with Crippen LogP contribution in [0.3, 0.4) is 0 Å². The largest absolute Gasteiger partial charge is 0.305 e. The Bertz CT molecular complexity index is 1520. The number of nitrogens with zero attached hydrogens (tertiary/aromatic N) is 1. The third-order valence-corrected chi connectivity index (χ3v) is 8.95. The number of carbonyl (C=O) groups is 1. The SMILES string of the molecule is CC(C)c1cc(-c2ccc3sccc3c2)cc(C(C)C)c1CC(=O)NS(=O)(=O)c1ccc(CN(C)C)cc1. The van der Waals surface area contributed by atoms with Crippen molar-refractivity contribution in [2.24, 2.45) is 0 Å². The highest BCUT2D eigenvalue weighted by Crippen LogP contribution is 2.35. The van der Waals surface area contributed by atoms with E-state index in [9.17, 15) is 13.2 Å². The summed E-state index contributed by atoms with van der Waals surface area (Å²) in [4.78, 5) is 15.2. The molecule has 0 saturated heterocycles. The van der Waals surface area contributed by atoms with Crippen molar-refractivity contribution in [3.05, 3.63) is 88.3 Å². The van der Waals surface area contributed by atoms with E-state index in [-0.39, 0.29) is 23.2 Å². The Morgan fingerprint density at radius 3 is 2.08 bits per heavy atom. The lowest BCUT2D eigenvalue weighted by Gasteiger charge is -2.22. The summed E-state index contributed by atoms with van der Waals surface area (Å²) in [5.41, 5.74) is 6.29. The van der Waals surface area contributed by atoms with E-state index in [0.717, 1.165) is 33.4 Å². The minimum Gasteiger partial charge on any atom is -0.305 e. The first-order valence-corrected chi connectivity index (χ1v) is 15.2. The average Bonchev–Trinajstić information content (AvgIpc) is 3.31. The highest BCUT2D eigenvalue weighted by molar-refractivity contribution is 7.90. The van der Waals surface area contributed by atoms with Crippen molar-refractivity contribution in [2.75, 3.05) is 14.1 Å². The molecule has 38 heavy (non-hydrogen) atoms. The van der Waals surface area contributed by atoms with Crippen LogP contribution in [0.5, 0.6) is 0 Å². The van der Waals surface area contributed by atoms with E-state index in [4.69, 9.17) is 0 Å². The van der Waals surface area contributed by atoms with Crippen molar-refractivity contribution in [3.8, 4) is 11.1 Å². The molecule has 0 fully saturated rings. The second-order valence-corrected chi connectivity index (χ2v) is 13.3. The standard InChI is InChI=1S/C31H36N2O3S2/c1-20(2)27-16-25(23-9-12-30-24(15-23)13-14-37-30)17-28(21(3)4)29(27)18-31(34)32-38(35,36)26-10-7-22(8-11-26)19-33(5)6/h7-17,20-21H,18-19H2,1-6H3,(H,32,34). The van der Waals surface area contributed by atoms with E-state index in [1.807, 2.05) is 19.0 Å². The number of thiophene rings is 1. The number of carbonyl (C=O) groups excluding carboxylic acids is 1. The average molecular weight is 549 g/mol. The molecule has 0 atom stereocenters. The van der Waals surface area contributed by atoms with Crippen LogP contribution in [-0.4, -0.2) is 33.3 Å². The molecule has 1 N–H and O–H groups in total. The monoisotopic (exact) mass is 548 g/mol. The molecule has 1 heterocycles. The first-order valence-electron chi connectivity index (χ1n) is 12.9. The van der Waals surface area contributed by atoms with Crippen LogP contribution in [0, 0.1) is 0 Å². The van der Waals surface area contributed by atoms with Gasteiger partial charge in [0, 0.05) is 11.2 Å². The molecule has 0 saturated carbocycles. The molecule has 0 aliphatic carbocycles. The van der Waals surface area contributed by atoms with Gasteiger partial charge in [0.2, 0.25) is 5.91 Å². The van der Waals surface area contributed by atoms with Gasteiger partial charge in [-0.2, -0.15) is 0 Å². The van der Waals surface area contributed by atoms with Gasteiger partial charge in [-0.3, -0.25) is 4.79 Å².